The number of nitrogens with one attached hydrogen (secondary N) is 2. The van der Waals surface area contributed by atoms with Gasteiger partial charge in [-0.3, -0.25) is 20.4 Å². The first-order chi connectivity index (χ1) is 17.0. The summed E-state index contributed by atoms with van der Waals surface area (Å²) in [4.78, 5) is 25.8. The van der Waals surface area contributed by atoms with Crippen molar-refractivity contribution in [3.63, 3.8) is 0 Å². The van der Waals surface area contributed by atoms with E-state index in [2.05, 4.69) is 10.9 Å². The van der Waals surface area contributed by atoms with Gasteiger partial charge < -0.3 is 23.7 Å². The smallest absolute Gasteiger partial charge is 0.270 e. The molecular weight excluding hydrogens is 476 g/mol. The van der Waals surface area contributed by atoms with Crippen LogP contribution in [0.1, 0.15) is 74.6 Å². The number of carbonyl (C=O) groups is 2. The molecule has 5 aliphatic rings. The average molecular weight is 507 g/mol. The number of benzene rings is 1. The summed E-state index contributed by atoms with van der Waals surface area (Å²) < 4.78 is 31.9. The molecule has 0 radical (unpaired) electrons. The van der Waals surface area contributed by atoms with Crippen LogP contribution in [0.2, 0.25) is 5.02 Å². The predicted octanol–water partition coefficient (Wildman–Crippen LogP) is 3.35. The third-order valence-electron chi connectivity index (χ3n) is 7.75. The lowest BCUT2D eigenvalue weighted by Crippen LogP contribution is -2.61. The summed E-state index contributed by atoms with van der Waals surface area (Å²) in [5.74, 6) is -2.45. The Labute approximate surface area is 209 Å². The molecule has 0 bridgehead atoms. The van der Waals surface area contributed by atoms with Gasteiger partial charge in [-0.15, -0.1) is 0 Å². The number of ether oxygens (including phenoxy) is 5. The number of hydrogen-bond donors (Lipinski definition) is 2. The normalized spacial score (nSPS) is 34.8. The summed E-state index contributed by atoms with van der Waals surface area (Å²) in [6, 6.07) is 6.47. The van der Waals surface area contributed by atoms with Crippen molar-refractivity contribution in [2.45, 2.75) is 106 Å². The molecule has 9 nitrogen and oxygen atoms in total. The van der Waals surface area contributed by atoms with Crippen molar-refractivity contribution in [2.75, 3.05) is 0 Å². The van der Waals surface area contributed by atoms with Crippen LogP contribution >= 0.6 is 11.6 Å². The first-order valence-electron chi connectivity index (χ1n) is 12.7. The molecule has 3 aliphatic heterocycles. The van der Waals surface area contributed by atoms with Crippen molar-refractivity contribution in [1.82, 2.24) is 10.9 Å². The fraction of sp³-hybridized carbons (Fsp3) is 0.680. The molecule has 5 fully saturated rings. The summed E-state index contributed by atoms with van der Waals surface area (Å²) >= 11 is 5.97. The van der Waals surface area contributed by atoms with E-state index in [-0.39, 0.29) is 0 Å². The van der Waals surface area contributed by atoms with E-state index in [4.69, 9.17) is 35.3 Å². The Kier molecular flexibility index (Phi) is 6.27. The van der Waals surface area contributed by atoms with Crippen molar-refractivity contribution in [2.24, 2.45) is 0 Å². The second-order valence-electron chi connectivity index (χ2n) is 10.2. The zero-order valence-electron chi connectivity index (χ0n) is 19.5. The van der Waals surface area contributed by atoms with Crippen LogP contribution in [0.3, 0.4) is 0 Å². The second kappa shape index (κ2) is 9.28. The molecule has 1 aromatic rings. The molecule has 5 unspecified atom stereocenters. The minimum Gasteiger partial charge on any atom is -0.341 e. The SMILES string of the molecule is O=C(NNC(=O)C1OC2OC3(CCCCC3)OC2C2OC3(CCCCC3)OC12)c1cccc(Cl)c1. The van der Waals surface area contributed by atoms with E-state index in [0.717, 1.165) is 64.2 Å². The molecule has 1 aromatic carbocycles. The Bertz CT molecular complexity index is 978. The molecule has 2 spiro atoms. The quantitative estimate of drug-likeness (QED) is 0.593. The first kappa shape index (κ1) is 23.6. The number of hydrogen-bond acceptors (Lipinski definition) is 7. The van der Waals surface area contributed by atoms with E-state index in [1.807, 2.05) is 0 Å². The number of rotatable bonds is 2. The van der Waals surface area contributed by atoms with Crippen molar-refractivity contribution >= 4 is 23.4 Å². The van der Waals surface area contributed by atoms with Crippen molar-refractivity contribution < 1.29 is 33.3 Å². The number of carbonyl (C=O) groups excluding carboxylic acids is 2. The Morgan fingerprint density at radius 3 is 2.11 bits per heavy atom. The van der Waals surface area contributed by atoms with Crippen molar-refractivity contribution in [3.8, 4) is 0 Å². The van der Waals surface area contributed by atoms with E-state index < -0.39 is 54.1 Å². The van der Waals surface area contributed by atoms with Crippen LogP contribution in [0.5, 0.6) is 0 Å². The first-order valence-corrected chi connectivity index (χ1v) is 13.1. The molecule has 5 atom stereocenters. The lowest BCUT2D eigenvalue weighted by atomic mass is 9.94. The highest BCUT2D eigenvalue weighted by molar-refractivity contribution is 6.30. The lowest BCUT2D eigenvalue weighted by Gasteiger charge is -2.36. The fourth-order valence-electron chi connectivity index (χ4n) is 6.06. The van der Waals surface area contributed by atoms with Crippen LogP contribution in [0.4, 0.5) is 0 Å². The van der Waals surface area contributed by atoms with Gasteiger partial charge >= 0.3 is 0 Å². The van der Waals surface area contributed by atoms with Gasteiger partial charge in [0.1, 0.15) is 18.3 Å². The zero-order valence-corrected chi connectivity index (χ0v) is 20.3. The molecule has 2 saturated carbocycles. The summed E-state index contributed by atoms with van der Waals surface area (Å²) in [6.07, 6.45) is 6.06. The number of amides is 2. The third-order valence-corrected chi connectivity index (χ3v) is 7.99. The third kappa shape index (κ3) is 4.47. The minimum absolute atomic E-state index is 0.327. The molecule has 2 amide bonds. The van der Waals surface area contributed by atoms with E-state index in [9.17, 15) is 9.59 Å². The van der Waals surface area contributed by atoms with E-state index in [1.165, 1.54) is 6.07 Å². The van der Waals surface area contributed by atoms with Crippen LogP contribution in [-0.2, 0) is 28.5 Å². The van der Waals surface area contributed by atoms with Crippen LogP contribution in [0, 0.1) is 0 Å². The average Bonchev–Trinajstić information content (AvgIpc) is 3.40. The van der Waals surface area contributed by atoms with Gasteiger partial charge in [0.05, 0.1) is 0 Å². The minimum atomic E-state index is -1.02. The maximum atomic E-state index is 13.3. The van der Waals surface area contributed by atoms with Crippen molar-refractivity contribution in [3.05, 3.63) is 34.9 Å². The largest absolute Gasteiger partial charge is 0.341 e. The molecule has 2 N–H and O–H groups in total. The van der Waals surface area contributed by atoms with Gasteiger partial charge in [-0.05, 0) is 43.9 Å². The predicted molar refractivity (Wildman–Crippen MR) is 123 cm³/mol. The summed E-state index contributed by atoms with van der Waals surface area (Å²) in [5.41, 5.74) is 5.26. The Morgan fingerprint density at radius 2 is 1.43 bits per heavy atom. The van der Waals surface area contributed by atoms with Gasteiger partial charge in [0, 0.05) is 36.3 Å². The van der Waals surface area contributed by atoms with Gasteiger partial charge in [-0.2, -0.15) is 0 Å². The van der Waals surface area contributed by atoms with Gasteiger partial charge in [0.25, 0.3) is 11.8 Å². The summed E-state index contributed by atoms with van der Waals surface area (Å²) in [7, 11) is 0. The van der Waals surface area contributed by atoms with Crippen LogP contribution in [-0.4, -0.2) is 54.1 Å². The highest BCUT2D eigenvalue weighted by Crippen LogP contribution is 2.50. The molecule has 2 aliphatic carbocycles. The monoisotopic (exact) mass is 506 g/mol. The molecule has 10 heteroatoms. The Balaban J connectivity index is 1.20. The molecule has 3 heterocycles. The fourth-order valence-corrected chi connectivity index (χ4v) is 6.25. The van der Waals surface area contributed by atoms with Gasteiger partial charge in [-0.25, -0.2) is 0 Å². The second-order valence-corrected chi connectivity index (χ2v) is 10.6. The van der Waals surface area contributed by atoms with Gasteiger partial charge in [0.2, 0.25) is 0 Å². The van der Waals surface area contributed by atoms with Crippen LogP contribution < -0.4 is 10.9 Å². The van der Waals surface area contributed by atoms with Gasteiger partial charge in [0.15, 0.2) is 24.0 Å². The molecular formula is C25H31ClN2O7. The van der Waals surface area contributed by atoms with Crippen LogP contribution in [0.25, 0.3) is 0 Å². The Hall–Kier alpha value is -1.75. The summed E-state index contributed by atoms with van der Waals surface area (Å²) in [6.45, 7) is 0. The van der Waals surface area contributed by atoms with E-state index in [0.29, 0.717) is 10.6 Å². The number of halogens is 1. The van der Waals surface area contributed by atoms with Crippen molar-refractivity contribution in [1.29, 1.82) is 0 Å². The number of hydrazine groups is 1. The molecule has 6 rings (SSSR count). The molecule has 190 valence electrons. The molecule has 3 saturated heterocycles. The highest BCUT2D eigenvalue weighted by atomic mass is 35.5. The van der Waals surface area contributed by atoms with E-state index in [1.54, 1.807) is 18.2 Å². The lowest BCUT2D eigenvalue weighted by molar-refractivity contribution is -0.247. The zero-order chi connectivity index (χ0) is 24.0. The topological polar surface area (TPSA) is 104 Å². The Morgan fingerprint density at radius 1 is 0.800 bits per heavy atom. The van der Waals surface area contributed by atoms with Crippen LogP contribution in [0.15, 0.2) is 24.3 Å². The number of fused-ring (bicyclic) bond motifs is 3. The van der Waals surface area contributed by atoms with E-state index >= 15 is 0 Å². The maximum absolute atomic E-state index is 13.3. The maximum Gasteiger partial charge on any atom is 0.270 e. The molecule has 0 aromatic heterocycles. The molecule has 35 heavy (non-hydrogen) atoms. The summed E-state index contributed by atoms with van der Waals surface area (Å²) in [5, 5.41) is 0.429. The standard InChI is InChI=1S/C25H31ClN2O7/c26-16-9-7-8-15(14-16)21(29)27-28-22(30)19-17-18(33-24(32-17)10-3-1-4-11-24)20-23(31-19)35-25(34-20)12-5-2-6-13-25/h7-9,14,17-20,23H,1-6,10-13H2,(H,27,29)(H,28,30). The highest BCUT2D eigenvalue weighted by Gasteiger charge is 2.65. The van der Waals surface area contributed by atoms with Gasteiger partial charge in [-0.1, -0.05) is 30.5 Å².